The van der Waals surface area contributed by atoms with Gasteiger partial charge in [0.05, 0.1) is 0 Å². The number of aromatic nitrogens is 4. The van der Waals surface area contributed by atoms with Crippen molar-refractivity contribution in [2.75, 3.05) is 0 Å². The van der Waals surface area contributed by atoms with Gasteiger partial charge in [-0.25, -0.2) is 19.9 Å². The molecule has 6 nitrogen and oxygen atoms in total. The van der Waals surface area contributed by atoms with Crippen LogP contribution in [0, 0.1) is 0 Å². The minimum atomic E-state index is 0.569. The van der Waals surface area contributed by atoms with Crippen LogP contribution in [-0.4, -0.2) is 19.9 Å². The summed E-state index contributed by atoms with van der Waals surface area (Å²) in [6.07, 6.45) is 0. The van der Waals surface area contributed by atoms with Crippen LogP contribution in [0.2, 0.25) is 0 Å². The van der Waals surface area contributed by atoms with E-state index in [0.29, 0.717) is 28.9 Å². The number of oxazole rings is 1. The molecule has 262 valence electrons. The Morgan fingerprint density at radius 2 is 0.768 bits per heavy atom. The van der Waals surface area contributed by atoms with Gasteiger partial charge in [-0.3, -0.25) is 0 Å². The van der Waals surface area contributed by atoms with Crippen LogP contribution in [0.5, 0.6) is 0 Å². The lowest BCUT2D eigenvalue weighted by Gasteiger charge is -2.11. The summed E-state index contributed by atoms with van der Waals surface area (Å²) in [7, 11) is 0. The molecule has 0 N–H and O–H groups in total. The smallest absolute Gasteiger partial charge is 0.228 e. The van der Waals surface area contributed by atoms with Gasteiger partial charge in [-0.1, -0.05) is 158 Å². The van der Waals surface area contributed by atoms with Crippen molar-refractivity contribution in [3.8, 4) is 67.9 Å². The van der Waals surface area contributed by atoms with Crippen LogP contribution in [0.25, 0.3) is 112 Å². The summed E-state index contributed by atoms with van der Waals surface area (Å²) in [6, 6.07) is 62.0. The van der Waals surface area contributed by atoms with Gasteiger partial charge in [0.15, 0.2) is 34.2 Å². The Hall–Kier alpha value is -7.70. The summed E-state index contributed by atoms with van der Waals surface area (Å²) in [6.45, 7) is 0. The van der Waals surface area contributed by atoms with Crippen molar-refractivity contribution in [3.63, 3.8) is 0 Å². The van der Waals surface area contributed by atoms with Crippen LogP contribution < -0.4 is 0 Å². The summed E-state index contributed by atoms with van der Waals surface area (Å²) in [5.41, 5.74) is 11.3. The number of hydrogen-bond acceptors (Lipinski definition) is 6. The molecular weight excluding hydrogens is 689 g/mol. The monoisotopic (exact) mass is 718 g/mol. The standard InChI is InChI=1S/C50H30N4O2/c1-3-11-34(12-4-1)47-52-48(35-13-5-2-6-14-35)54-49(53-47)36-25-21-32(22-26-36)31-19-23-33(24-20-31)37-27-28-42(39-16-8-7-15-38(37)39)50-51-45-44(56-50)30-29-41-40-17-9-10-18-43(40)55-46(41)45/h1-30H. The predicted molar refractivity (Wildman–Crippen MR) is 225 cm³/mol. The predicted octanol–water partition coefficient (Wildman–Crippen LogP) is 13.1. The maximum atomic E-state index is 6.38. The van der Waals surface area contributed by atoms with E-state index in [-0.39, 0.29) is 0 Å². The molecule has 0 saturated heterocycles. The lowest BCUT2D eigenvalue weighted by molar-refractivity contribution is 0.620. The Balaban J connectivity index is 0.911. The lowest BCUT2D eigenvalue weighted by atomic mass is 9.93. The third kappa shape index (κ3) is 5.43. The van der Waals surface area contributed by atoms with E-state index in [2.05, 4.69) is 97.1 Å². The molecule has 0 amide bonds. The van der Waals surface area contributed by atoms with Gasteiger partial charge < -0.3 is 8.83 Å². The van der Waals surface area contributed by atoms with E-state index in [4.69, 9.17) is 28.8 Å². The van der Waals surface area contributed by atoms with E-state index in [9.17, 15) is 0 Å². The molecule has 3 aromatic heterocycles. The highest BCUT2D eigenvalue weighted by molar-refractivity contribution is 6.13. The zero-order chi connectivity index (χ0) is 37.0. The molecular formula is C50H30N4O2. The second-order valence-electron chi connectivity index (χ2n) is 13.8. The van der Waals surface area contributed by atoms with Crippen molar-refractivity contribution in [1.82, 2.24) is 19.9 Å². The summed E-state index contributed by atoms with van der Waals surface area (Å²) < 4.78 is 12.6. The fourth-order valence-corrected chi connectivity index (χ4v) is 7.62. The molecule has 0 spiro atoms. The number of benzene rings is 8. The average molecular weight is 719 g/mol. The Morgan fingerprint density at radius 1 is 0.286 bits per heavy atom. The highest BCUT2D eigenvalue weighted by atomic mass is 16.4. The minimum absolute atomic E-state index is 0.569. The van der Waals surface area contributed by atoms with E-state index in [0.717, 1.165) is 82.7 Å². The summed E-state index contributed by atoms with van der Waals surface area (Å²) in [5.74, 6) is 2.50. The fourth-order valence-electron chi connectivity index (χ4n) is 7.62. The topological polar surface area (TPSA) is 77.8 Å². The van der Waals surface area contributed by atoms with Crippen LogP contribution in [0.1, 0.15) is 0 Å². The molecule has 0 aliphatic heterocycles. The minimum Gasteiger partial charge on any atom is -0.454 e. The molecule has 0 unspecified atom stereocenters. The first kappa shape index (κ1) is 31.8. The average Bonchev–Trinajstić information content (AvgIpc) is 3.89. The Bertz CT molecular complexity index is 3170. The fraction of sp³-hybridized carbons (Fsp3) is 0. The Labute approximate surface area is 321 Å². The number of hydrogen-bond donors (Lipinski definition) is 0. The molecule has 0 atom stereocenters. The number of furan rings is 1. The Kier molecular flexibility index (Phi) is 7.38. The van der Waals surface area contributed by atoms with E-state index < -0.39 is 0 Å². The van der Waals surface area contributed by atoms with Crippen molar-refractivity contribution < 1.29 is 8.83 Å². The Morgan fingerprint density at radius 3 is 1.39 bits per heavy atom. The highest BCUT2D eigenvalue weighted by Crippen LogP contribution is 2.40. The third-order valence-corrected chi connectivity index (χ3v) is 10.4. The zero-order valence-electron chi connectivity index (χ0n) is 29.9. The molecule has 0 saturated carbocycles. The van der Waals surface area contributed by atoms with Gasteiger partial charge in [-0.2, -0.15) is 0 Å². The van der Waals surface area contributed by atoms with E-state index in [1.54, 1.807) is 0 Å². The number of para-hydroxylation sites is 1. The molecule has 6 heteroatoms. The lowest BCUT2D eigenvalue weighted by Crippen LogP contribution is -2.00. The first-order chi connectivity index (χ1) is 27.7. The molecule has 11 rings (SSSR count). The van der Waals surface area contributed by atoms with Gasteiger partial charge >= 0.3 is 0 Å². The molecule has 8 aromatic carbocycles. The number of fused-ring (bicyclic) bond motifs is 6. The second-order valence-corrected chi connectivity index (χ2v) is 13.8. The van der Waals surface area contributed by atoms with Crippen LogP contribution >= 0.6 is 0 Å². The van der Waals surface area contributed by atoms with Crippen LogP contribution in [0.3, 0.4) is 0 Å². The summed E-state index contributed by atoms with van der Waals surface area (Å²) >= 11 is 0. The van der Waals surface area contributed by atoms with Crippen molar-refractivity contribution in [3.05, 3.63) is 182 Å². The third-order valence-electron chi connectivity index (χ3n) is 10.4. The maximum absolute atomic E-state index is 6.38. The van der Waals surface area contributed by atoms with Gasteiger partial charge in [-0.15, -0.1) is 0 Å². The van der Waals surface area contributed by atoms with Gasteiger partial charge in [0, 0.05) is 33.0 Å². The van der Waals surface area contributed by atoms with Crippen molar-refractivity contribution in [1.29, 1.82) is 0 Å². The normalized spacial score (nSPS) is 11.6. The maximum Gasteiger partial charge on any atom is 0.228 e. The van der Waals surface area contributed by atoms with E-state index in [1.165, 1.54) is 0 Å². The van der Waals surface area contributed by atoms with Crippen molar-refractivity contribution in [2.45, 2.75) is 0 Å². The first-order valence-electron chi connectivity index (χ1n) is 18.5. The number of rotatable bonds is 6. The van der Waals surface area contributed by atoms with Crippen LogP contribution in [-0.2, 0) is 0 Å². The zero-order valence-corrected chi connectivity index (χ0v) is 29.9. The van der Waals surface area contributed by atoms with E-state index in [1.807, 2.05) is 84.9 Å². The molecule has 3 heterocycles. The highest BCUT2D eigenvalue weighted by Gasteiger charge is 2.19. The van der Waals surface area contributed by atoms with E-state index >= 15 is 0 Å². The van der Waals surface area contributed by atoms with Crippen LogP contribution in [0.15, 0.2) is 191 Å². The van der Waals surface area contributed by atoms with Gasteiger partial charge in [0.1, 0.15) is 5.58 Å². The largest absolute Gasteiger partial charge is 0.454 e. The molecule has 0 fully saturated rings. The molecule has 0 aliphatic carbocycles. The van der Waals surface area contributed by atoms with Crippen molar-refractivity contribution >= 4 is 43.8 Å². The number of nitrogens with zero attached hydrogens (tertiary/aromatic N) is 4. The van der Waals surface area contributed by atoms with Gasteiger partial charge in [0.25, 0.3) is 0 Å². The summed E-state index contributed by atoms with van der Waals surface area (Å²) in [5, 5.41) is 4.30. The molecule has 0 radical (unpaired) electrons. The first-order valence-corrected chi connectivity index (χ1v) is 18.5. The van der Waals surface area contributed by atoms with Gasteiger partial charge in [-0.05, 0) is 57.3 Å². The molecule has 0 bridgehead atoms. The summed E-state index contributed by atoms with van der Waals surface area (Å²) in [4.78, 5) is 19.6. The molecule has 0 aliphatic rings. The molecule has 56 heavy (non-hydrogen) atoms. The second kappa shape index (κ2) is 13.0. The quantitative estimate of drug-likeness (QED) is 0.170. The van der Waals surface area contributed by atoms with Crippen LogP contribution in [0.4, 0.5) is 0 Å². The van der Waals surface area contributed by atoms with Gasteiger partial charge in [0.2, 0.25) is 5.89 Å². The van der Waals surface area contributed by atoms with Crippen molar-refractivity contribution in [2.24, 2.45) is 0 Å². The molecule has 11 aromatic rings. The SMILES string of the molecule is c1ccc(-c2nc(-c3ccccc3)nc(-c3ccc(-c4ccc(-c5ccc(-c6nc7c(ccc8c9ccccc9oc87)o6)c6ccccc56)cc4)cc3)n2)cc1.